The number of carbonyl (C=O) groups excluding carboxylic acids is 3. The highest BCUT2D eigenvalue weighted by Gasteiger charge is 2.22. The van der Waals surface area contributed by atoms with E-state index in [0.717, 1.165) is 22.4 Å². The molecule has 0 saturated carbocycles. The Morgan fingerprint density at radius 2 is 1.83 bits per heavy atom. The van der Waals surface area contributed by atoms with Gasteiger partial charge in [-0.2, -0.15) is 5.10 Å². The summed E-state index contributed by atoms with van der Waals surface area (Å²) in [7, 11) is 0. The summed E-state index contributed by atoms with van der Waals surface area (Å²) >= 11 is 0. The maximum absolute atomic E-state index is 12.3. The summed E-state index contributed by atoms with van der Waals surface area (Å²) in [5.74, 6) is -1.25. The molecule has 2 amide bonds. The normalized spacial score (nSPS) is 13.0. The molecule has 7 nitrogen and oxygen atoms in total. The lowest BCUT2D eigenvalue weighted by molar-refractivity contribution is -0.148. The monoisotopic (exact) mass is 407 g/mol. The minimum absolute atomic E-state index is 0.0109. The second-order valence-electron chi connectivity index (χ2n) is 7.21. The van der Waals surface area contributed by atoms with Crippen molar-refractivity contribution in [3.63, 3.8) is 0 Å². The third-order valence-corrected chi connectivity index (χ3v) is 4.77. The van der Waals surface area contributed by atoms with Crippen LogP contribution in [0.1, 0.15) is 36.0 Å². The van der Waals surface area contributed by atoms with Crippen molar-refractivity contribution in [2.75, 3.05) is 18.5 Å². The van der Waals surface area contributed by atoms with Crippen molar-refractivity contribution >= 4 is 29.2 Å². The number of esters is 1. The first kappa shape index (κ1) is 21.2. The summed E-state index contributed by atoms with van der Waals surface area (Å²) in [4.78, 5) is 36.2. The molecule has 0 aromatic heterocycles. The Morgan fingerprint density at radius 1 is 1.07 bits per heavy atom. The van der Waals surface area contributed by atoms with Crippen molar-refractivity contribution in [2.24, 2.45) is 5.10 Å². The fourth-order valence-corrected chi connectivity index (χ4v) is 3.08. The molecule has 0 saturated heterocycles. The molecule has 156 valence electrons. The number of hydrogen-bond donors (Lipinski definition) is 1. The van der Waals surface area contributed by atoms with Gasteiger partial charge in [-0.05, 0) is 36.6 Å². The summed E-state index contributed by atoms with van der Waals surface area (Å²) < 4.78 is 4.99. The Hall–Kier alpha value is -3.48. The van der Waals surface area contributed by atoms with Crippen LogP contribution < -0.4 is 5.32 Å². The summed E-state index contributed by atoms with van der Waals surface area (Å²) in [6.45, 7) is 3.92. The Kier molecular flexibility index (Phi) is 6.95. The SMILES string of the molecule is Cc1ccc(C)c(NC(=O)COC(=O)CCC(=O)N2CCC(c3ccccc3)=N2)c1. The van der Waals surface area contributed by atoms with Gasteiger partial charge in [-0.1, -0.05) is 42.5 Å². The number of hydrazone groups is 1. The van der Waals surface area contributed by atoms with E-state index in [4.69, 9.17) is 4.74 Å². The van der Waals surface area contributed by atoms with E-state index in [1.54, 1.807) is 0 Å². The zero-order chi connectivity index (χ0) is 21.5. The zero-order valence-corrected chi connectivity index (χ0v) is 17.2. The van der Waals surface area contributed by atoms with Crippen LogP contribution in [0.4, 0.5) is 5.69 Å². The van der Waals surface area contributed by atoms with Gasteiger partial charge in [0.05, 0.1) is 18.7 Å². The smallest absolute Gasteiger partial charge is 0.306 e. The molecule has 1 aliphatic rings. The molecule has 0 bridgehead atoms. The molecule has 3 rings (SSSR count). The fourth-order valence-electron chi connectivity index (χ4n) is 3.08. The topological polar surface area (TPSA) is 88.1 Å². The Labute approximate surface area is 175 Å². The number of aryl methyl sites for hydroxylation is 2. The molecule has 2 aromatic rings. The minimum atomic E-state index is -0.592. The molecule has 0 aliphatic carbocycles. The van der Waals surface area contributed by atoms with E-state index >= 15 is 0 Å². The highest BCUT2D eigenvalue weighted by atomic mass is 16.5. The highest BCUT2D eigenvalue weighted by molar-refractivity contribution is 6.02. The van der Waals surface area contributed by atoms with Crippen LogP contribution in [0.2, 0.25) is 0 Å². The third kappa shape index (κ3) is 5.76. The van der Waals surface area contributed by atoms with E-state index < -0.39 is 11.9 Å². The Balaban J connectivity index is 1.41. The quantitative estimate of drug-likeness (QED) is 0.714. The predicted molar refractivity (Wildman–Crippen MR) is 114 cm³/mol. The highest BCUT2D eigenvalue weighted by Crippen LogP contribution is 2.17. The van der Waals surface area contributed by atoms with Crippen LogP contribution >= 0.6 is 0 Å². The molecular formula is C23H25N3O4. The number of anilines is 1. The van der Waals surface area contributed by atoms with Crippen molar-refractivity contribution in [1.82, 2.24) is 5.01 Å². The van der Waals surface area contributed by atoms with Crippen LogP contribution in [-0.2, 0) is 19.1 Å². The molecule has 1 heterocycles. The van der Waals surface area contributed by atoms with E-state index in [1.807, 2.05) is 62.4 Å². The lowest BCUT2D eigenvalue weighted by Crippen LogP contribution is -2.25. The average Bonchev–Trinajstić information content (AvgIpc) is 3.24. The van der Waals surface area contributed by atoms with Gasteiger partial charge in [0.15, 0.2) is 6.61 Å². The van der Waals surface area contributed by atoms with E-state index in [9.17, 15) is 14.4 Å². The first-order valence-electron chi connectivity index (χ1n) is 9.88. The average molecular weight is 407 g/mol. The molecular weight excluding hydrogens is 382 g/mol. The van der Waals surface area contributed by atoms with E-state index in [-0.39, 0.29) is 25.4 Å². The first-order valence-corrected chi connectivity index (χ1v) is 9.88. The third-order valence-electron chi connectivity index (χ3n) is 4.77. The van der Waals surface area contributed by atoms with Crippen LogP contribution in [-0.4, -0.2) is 41.7 Å². The van der Waals surface area contributed by atoms with Crippen LogP contribution in [0, 0.1) is 13.8 Å². The molecule has 2 aromatic carbocycles. The molecule has 1 aliphatic heterocycles. The summed E-state index contributed by atoms with van der Waals surface area (Å²) in [5.41, 5.74) is 4.47. The van der Waals surface area contributed by atoms with Crippen molar-refractivity contribution < 1.29 is 19.1 Å². The second kappa shape index (κ2) is 9.82. The number of hydrogen-bond acceptors (Lipinski definition) is 5. The summed E-state index contributed by atoms with van der Waals surface area (Å²) in [6.07, 6.45) is 0.573. The summed E-state index contributed by atoms with van der Waals surface area (Å²) in [5, 5.41) is 8.48. The number of benzene rings is 2. The Morgan fingerprint density at radius 3 is 2.60 bits per heavy atom. The van der Waals surface area contributed by atoms with Crippen LogP contribution in [0.5, 0.6) is 0 Å². The van der Waals surface area contributed by atoms with E-state index in [0.29, 0.717) is 18.7 Å². The van der Waals surface area contributed by atoms with Crippen LogP contribution in [0.15, 0.2) is 53.6 Å². The van der Waals surface area contributed by atoms with Crippen LogP contribution in [0.3, 0.4) is 0 Å². The second-order valence-corrected chi connectivity index (χ2v) is 7.21. The van der Waals surface area contributed by atoms with Gasteiger partial charge >= 0.3 is 5.97 Å². The fraction of sp³-hybridized carbons (Fsp3) is 0.304. The van der Waals surface area contributed by atoms with Crippen molar-refractivity contribution in [3.8, 4) is 0 Å². The van der Waals surface area contributed by atoms with Crippen molar-refractivity contribution in [3.05, 3.63) is 65.2 Å². The summed E-state index contributed by atoms with van der Waals surface area (Å²) in [6, 6.07) is 15.4. The number of nitrogens with zero attached hydrogens (tertiary/aromatic N) is 2. The molecule has 0 radical (unpaired) electrons. The first-order chi connectivity index (χ1) is 14.4. The minimum Gasteiger partial charge on any atom is -0.456 e. The van der Waals surface area contributed by atoms with Gasteiger partial charge in [0.25, 0.3) is 5.91 Å². The Bertz CT molecular complexity index is 970. The largest absolute Gasteiger partial charge is 0.456 e. The zero-order valence-electron chi connectivity index (χ0n) is 17.2. The number of amides is 2. The molecule has 0 unspecified atom stereocenters. The predicted octanol–water partition coefficient (Wildman–Crippen LogP) is 3.20. The number of rotatable bonds is 7. The molecule has 0 spiro atoms. The molecule has 1 N–H and O–H groups in total. The molecule has 30 heavy (non-hydrogen) atoms. The van der Waals surface area contributed by atoms with E-state index in [2.05, 4.69) is 10.4 Å². The van der Waals surface area contributed by atoms with E-state index in [1.165, 1.54) is 5.01 Å². The number of nitrogens with one attached hydrogen (secondary N) is 1. The van der Waals surface area contributed by atoms with Gasteiger partial charge in [-0.25, -0.2) is 5.01 Å². The number of carbonyl (C=O) groups is 3. The van der Waals surface area contributed by atoms with Crippen molar-refractivity contribution in [2.45, 2.75) is 33.1 Å². The van der Waals surface area contributed by atoms with Gasteiger partial charge < -0.3 is 10.1 Å². The lowest BCUT2D eigenvalue weighted by atomic mass is 10.1. The number of ether oxygens (including phenoxy) is 1. The van der Waals surface area contributed by atoms with Gasteiger partial charge in [0.2, 0.25) is 5.91 Å². The van der Waals surface area contributed by atoms with Crippen LogP contribution in [0.25, 0.3) is 0 Å². The maximum Gasteiger partial charge on any atom is 0.306 e. The van der Waals surface area contributed by atoms with Gasteiger partial charge in [0, 0.05) is 18.5 Å². The lowest BCUT2D eigenvalue weighted by Gasteiger charge is -2.11. The van der Waals surface area contributed by atoms with Gasteiger partial charge in [-0.3, -0.25) is 14.4 Å². The molecule has 7 heteroatoms. The van der Waals surface area contributed by atoms with Crippen molar-refractivity contribution in [1.29, 1.82) is 0 Å². The maximum atomic E-state index is 12.3. The molecule has 0 atom stereocenters. The standard InChI is InChI=1S/C23H25N3O4/c1-16-8-9-17(2)20(14-16)24-21(27)15-30-23(29)11-10-22(28)26-13-12-19(25-26)18-6-4-3-5-7-18/h3-9,14H,10-13,15H2,1-2H3,(H,24,27). The molecule has 0 fully saturated rings. The van der Waals surface area contributed by atoms with Gasteiger partial charge in [0.1, 0.15) is 0 Å². The van der Waals surface area contributed by atoms with Gasteiger partial charge in [-0.15, -0.1) is 0 Å².